The zero-order chi connectivity index (χ0) is 16.4. The van der Waals surface area contributed by atoms with Crippen LogP contribution in [-0.2, 0) is 0 Å². The van der Waals surface area contributed by atoms with Crippen molar-refractivity contribution in [1.29, 1.82) is 10.5 Å². The molecule has 0 N–H and O–H groups in total. The predicted molar refractivity (Wildman–Crippen MR) is 90.6 cm³/mol. The molecule has 0 saturated carbocycles. The summed E-state index contributed by atoms with van der Waals surface area (Å²) in [5, 5.41) is 18.2. The van der Waals surface area contributed by atoms with E-state index in [0.717, 1.165) is 16.9 Å². The van der Waals surface area contributed by atoms with Gasteiger partial charge in [-0.1, -0.05) is 12.1 Å². The van der Waals surface area contributed by atoms with Crippen LogP contribution >= 0.6 is 0 Å². The molecule has 3 rings (SSSR count). The molecule has 112 valence electrons. The number of benzene rings is 2. The van der Waals surface area contributed by atoms with E-state index < -0.39 is 0 Å². The van der Waals surface area contributed by atoms with Gasteiger partial charge in [-0.25, -0.2) is 0 Å². The molecule has 1 atom stereocenters. The fourth-order valence-electron chi connectivity index (χ4n) is 2.80. The molecule has 0 radical (unpaired) electrons. The van der Waals surface area contributed by atoms with Gasteiger partial charge in [-0.15, -0.1) is 0 Å². The van der Waals surface area contributed by atoms with E-state index in [0.29, 0.717) is 11.1 Å². The highest BCUT2D eigenvalue weighted by Crippen LogP contribution is 2.31. The number of hydrogen-bond donors (Lipinski definition) is 0. The highest BCUT2D eigenvalue weighted by Gasteiger charge is 2.25. The van der Waals surface area contributed by atoms with Crippen molar-refractivity contribution in [3.63, 3.8) is 0 Å². The van der Waals surface area contributed by atoms with Gasteiger partial charge in [0.1, 0.15) is 6.17 Å². The third-order valence-corrected chi connectivity index (χ3v) is 4.08. The van der Waals surface area contributed by atoms with E-state index in [1.54, 1.807) is 6.07 Å². The van der Waals surface area contributed by atoms with Crippen LogP contribution in [0.2, 0.25) is 0 Å². The van der Waals surface area contributed by atoms with E-state index in [4.69, 9.17) is 10.5 Å². The Balaban J connectivity index is 1.94. The first-order valence-electron chi connectivity index (χ1n) is 7.40. The fourth-order valence-corrected chi connectivity index (χ4v) is 2.80. The van der Waals surface area contributed by atoms with Crippen molar-refractivity contribution in [2.24, 2.45) is 0 Å². The summed E-state index contributed by atoms with van der Waals surface area (Å²) in [7, 11) is 0. The van der Waals surface area contributed by atoms with E-state index >= 15 is 0 Å². The van der Waals surface area contributed by atoms with Gasteiger partial charge in [0.05, 0.1) is 23.3 Å². The predicted octanol–water partition coefficient (Wildman–Crippen LogP) is 3.88. The molecule has 2 aromatic carbocycles. The Hall–Kier alpha value is -3.24. The molecule has 0 aromatic heterocycles. The lowest BCUT2D eigenvalue weighted by Gasteiger charge is -2.31. The number of nitrogens with zero attached hydrogens (tertiary/aromatic N) is 4. The van der Waals surface area contributed by atoms with Crippen LogP contribution in [0.25, 0.3) is 0 Å². The van der Waals surface area contributed by atoms with Crippen LogP contribution in [0.4, 0.5) is 11.4 Å². The summed E-state index contributed by atoms with van der Waals surface area (Å²) in [5.41, 5.74) is 4.41. The SMILES string of the molecule is Cc1ccc(C#N)cc1N1C=CN(c2cccc(C#N)c2)[C@H]1C. The third kappa shape index (κ3) is 2.63. The number of hydrogen-bond acceptors (Lipinski definition) is 4. The second-order valence-corrected chi connectivity index (χ2v) is 5.52. The molecule has 1 heterocycles. The maximum Gasteiger partial charge on any atom is 0.107 e. The molecule has 0 amide bonds. The maximum absolute atomic E-state index is 9.12. The first-order chi connectivity index (χ1) is 11.1. The largest absolute Gasteiger partial charge is 0.326 e. The molecule has 23 heavy (non-hydrogen) atoms. The number of nitriles is 2. The Labute approximate surface area is 136 Å². The van der Waals surface area contributed by atoms with Crippen LogP contribution in [0.15, 0.2) is 54.9 Å². The lowest BCUT2D eigenvalue weighted by molar-refractivity contribution is 0.748. The number of aryl methyl sites for hydroxylation is 1. The van der Waals surface area contributed by atoms with E-state index in [9.17, 15) is 0 Å². The molecule has 4 heteroatoms. The third-order valence-electron chi connectivity index (χ3n) is 4.08. The molecular weight excluding hydrogens is 284 g/mol. The molecule has 0 fully saturated rings. The Morgan fingerprint density at radius 1 is 0.913 bits per heavy atom. The first kappa shape index (κ1) is 14.7. The molecule has 0 bridgehead atoms. The van der Waals surface area contributed by atoms with E-state index in [1.807, 2.05) is 55.7 Å². The minimum Gasteiger partial charge on any atom is -0.326 e. The van der Waals surface area contributed by atoms with Crippen LogP contribution in [0.5, 0.6) is 0 Å². The second-order valence-electron chi connectivity index (χ2n) is 5.52. The van der Waals surface area contributed by atoms with Gasteiger partial charge in [-0.2, -0.15) is 10.5 Å². The smallest absolute Gasteiger partial charge is 0.107 e. The lowest BCUT2D eigenvalue weighted by Crippen LogP contribution is -2.36. The Morgan fingerprint density at radius 3 is 2.35 bits per heavy atom. The summed E-state index contributed by atoms with van der Waals surface area (Å²) in [6.45, 7) is 4.13. The second kappa shape index (κ2) is 5.87. The molecule has 2 aromatic rings. The average molecular weight is 300 g/mol. The lowest BCUT2D eigenvalue weighted by atomic mass is 10.1. The van der Waals surface area contributed by atoms with Crippen molar-refractivity contribution in [3.8, 4) is 12.1 Å². The summed E-state index contributed by atoms with van der Waals surface area (Å²) in [6.07, 6.45) is 4.07. The minimum atomic E-state index is 0.0663. The van der Waals surface area contributed by atoms with E-state index in [-0.39, 0.29) is 6.17 Å². The van der Waals surface area contributed by atoms with Gasteiger partial charge in [0.25, 0.3) is 0 Å². The zero-order valence-electron chi connectivity index (χ0n) is 13.1. The quantitative estimate of drug-likeness (QED) is 0.844. The molecule has 0 unspecified atom stereocenters. The fraction of sp³-hybridized carbons (Fsp3) is 0.158. The average Bonchev–Trinajstić information content (AvgIpc) is 2.97. The van der Waals surface area contributed by atoms with Gasteiger partial charge in [0, 0.05) is 23.8 Å². The molecule has 1 aliphatic heterocycles. The molecule has 4 nitrogen and oxygen atoms in total. The highest BCUT2D eigenvalue weighted by atomic mass is 15.4. The first-order valence-corrected chi connectivity index (χ1v) is 7.40. The summed E-state index contributed by atoms with van der Waals surface area (Å²) in [4.78, 5) is 4.24. The Kier molecular flexibility index (Phi) is 3.75. The van der Waals surface area contributed by atoms with E-state index in [1.165, 1.54) is 0 Å². The summed E-state index contributed by atoms with van der Waals surface area (Å²) < 4.78 is 0. The number of anilines is 2. The van der Waals surface area contributed by atoms with Crippen molar-refractivity contribution in [2.75, 3.05) is 9.80 Å². The normalized spacial score (nSPS) is 16.3. The molecule has 0 aliphatic carbocycles. The molecule has 0 spiro atoms. The molecular formula is C19H16N4. The van der Waals surface area contributed by atoms with Crippen LogP contribution in [-0.4, -0.2) is 6.17 Å². The van der Waals surface area contributed by atoms with Crippen LogP contribution in [0.1, 0.15) is 23.6 Å². The van der Waals surface area contributed by atoms with Crippen molar-refractivity contribution < 1.29 is 0 Å². The summed E-state index contributed by atoms with van der Waals surface area (Å²) >= 11 is 0. The van der Waals surface area contributed by atoms with Crippen molar-refractivity contribution in [3.05, 3.63) is 71.6 Å². The summed E-state index contributed by atoms with van der Waals surface area (Å²) in [6, 6.07) is 17.6. The monoisotopic (exact) mass is 300 g/mol. The van der Waals surface area contributed by atoms with Crippen molar-refractivity contribution >= 4 is 11.4 Å². The standard InChI is InChI=1S/C19H16N4/c1-14-6-7-17(13-21)11-19(14)23-9-8-22(15(23)2)18-5-3-4-16(10-18)12-20/h3-11,15H,1-2H3/t15-/m1/s1. The van der Waals surface area contributed by atoms with Gasteiger partial charge >= 0.3 is 0 Å². The highest BCUT2D eigenvalue weighted by molar-refractivity contribution is 5.65. The van der Waals surface area contributed by atoms with Gasteiger partial charge in [-0.05, 0) is 49.7 Å². The van der Waals surface area contributed by atoms with Crippen LogP contribution in [0, 0.1) is 29.6 Å². The van der Waals surface area contributed by atoms with Gasteiger partial charge in [0.2, 0.25) is 0 Å². The Bertz CT molecular complexity index is 854. The molecule has 0 saturated heterocycles. The Morgan fingerprint density at radius 2 is 1.61 bits per heavy atom. The topological polar surface area (TPSA) is 54.1 Å². The summed E-state index contributed by atoms with van der Waals surface area (Å²) in [5.74, 6) is 0. The minimum absolute atomic E-state index is 0.0663. The number of rotatable bonds is 2. The maximum atomic E-state index is 9.12. The van der Waals surface area contributed by atoms with Gasteiger partial charge < -0.3 is 9.80 Å². The van der Waals surface area contributed by atoms with Gasteiger partial charge in [0.15, 0.2) is 0 Å². The van der Waals surface area contributed by atoms with Crippen molar-refractivity contribution in [2.45, 2.75) is 20.0 Å². The van der Waals surface area contributed by atoms with Gasteiger partial charge in [-0.3, -0.25) is 0 Å². The molecule has 1 aliphatic rings. The van der Waals surface area contributed by atoms with E-state index in [2.05, 4.69) is 28.9 Å². The van der Waals surface area contributed by atoms with Crippen LogP contribution < -0.4 is 9.80 Å². The van der Waals surface area contributed by atoms with Crippen LogP contribution in [0.3, 0.4) is 0 Å². The zero-order valence-corrected chi connectivity index (χ0v) is 13.1. The van der Waals surface area contributed by atoms with Crippen molar-refractivity contribution in [1.82, 2.24) is 0 Å².